The van der Waals surface area contributed by atoms with Gasteiger partial charge in [-0.2, -0.15) is 0 Å². The van der Waals surface area contributed by atoms with Crippen molar-refractivity contribution in [3.63, 3.8) is 0 Å². The summed E-state index contributed by atoms with van der Waals surface area (Å²) < 4.78 is 0. The normalized spacial score (nSPS) is 15.5. The quantitative estimate of drug-likeness (QED) is 0.183. The van der Waals surface area contributed by atoms with Gasteiger partial charge in [0.05, 0.1) is 16.4 Å². The van der Waals surface area contributed by atoms with Crippen LogP contribution in [-0.4, -0.2) is 60.0 Å². The molecule has 0 aliphatic carbocycles. The number of hydrogen-bond acceptors (Lipinski definition) is 6. The number of halogens is 1. The number of likely N-dealkylation sites (tertiary alicyclic amines) is 1. The second-order valence-electron chi connectivity index (χ2n) is 10.2. The van der Waals surface area contributed by atoms with E-state index in [2.05, 4.69) is 34.1 Å². The number of benzene rings is 3. The zero-order valence-electron chi connectivity index (χ0n) is 22.4. The van der Waals surface area contributed by atoms with Gasteiger partial charge in [-0.1, -0.05) is 78.0 Å². The third kappa shape index (κ3) is 6.11. The van der Waals surface area contributed by atoms with E-state index >= 15 is 0 Å². The summed E-state index contributed by atoms with van der Waals surface area (Å²) in [4.78, 5) is 29.2. The van der Waals surface area contributed by atoms with Crippen molar-refractivity contribution in [3.05, 3.63) is 101 Å². The molecule has 1 aromatic heterocycles. The van der Waals surface area contributed by atoms with E-state index in [1.807, 2.05) is 65.6 Å². The average Bonchev–Trinajstić information content (AvgIpc) is 3.56. The van der Waals surface area contributed by atoms with E-state index in [1.165, 1.54) is 0 Å². The number of amides is 1. The van der Waals surface area contributed by atoms with Gasteiger partial charge in [0.1, 0.15) is 5.82 Å². The molecule has 3 aromatic carbocycles. The van der Waals surface area contributed by atoms with Crippen molar-refractivity contribution in [2.45, 2.75) is 23.8 Å². The van der Waals surface area contributed by atoms with Crippen LogP contribution < -0.4 is 9.80 Å². The van der Waals surface area contributed by atoms with Gasteiger partial charge in [0.15, 0.2) is 5.16 Å². The molecule has 0 bridgehead atoms. The minimum Gasteiger partial charge on any atom is -0.367 e. The van der Waals surface area contributed by atoms with Gasteiger partial charge in [0.25, 0.3) is 5.91 Å². The highest BCUT2D eigenvalue weighted by molar-refractivity contribution is 7.98. The number of anilines is 2. The molecule has 8 heteroatoms. The molecule has 6 nitrogen and oxygen atoms in total. The molecule has 6 rings (SSSR count). The number of rotatable bonds is 7. The van der Waals surface area contributed by atoms with Gasteiger partial charge >= 0.3 is 0 Å². The van der Waals surface area contributed by atoms with Crippen LogP contribution in [0.3, 0.4) is 0 Å². The fourth-order valence-corrected chi connectivity index (χ4v) is 6.34. The molecule has 40 heavy (non-hydrogen) atoms. The Labute approximate surface area is 245 Å². The van der Waals surface area contributed by atoms with Crippen molar-refractivity contribution in [1.29, 1.82) is 0 Å². The molecule has 0 N–H and O–H groups in total. The lowest BCUT2D eigenvalue weighted by Gasteiger charge is -2.37. The summed E-state index contributed by atoms with van der Waals surface area (Å²) in [7, 11) is 0. The highest BCUT2D eigenvalue weighted by Crippen LogP contribution is 2.30. The average molecular weight is 570 g/mol. The van der Waals surface area contributed by atoms with Gasteiger partial charge in [0, 0.05) is 62.2 Å². The van der Waals surface area contributed by atoms with Crippen molar-refractivity contribution >= 4 is 40.8 Å². The van der Waals surface area contributed by atoms with Crippen molar-refractivity contribution in [3.8, 4) is 11.3 Å². The molecule has 3 heterocycles. The van der Waals surface area contributed by atoms with Gasteiger partial charge in [-0.25, -0.2) is 9.97 Å². The molecule has 4 aromatic rings. The Kier molecular flexibility index (Phi) is 8.21. The Hall–Kier alpha value is -3.55. The lowest BCUT2D eigenvalue weighted by molar-refractivity contribution is 0.0793. The Morgan fingerprint density at radius 2 is 1.45 bits per heavy atom. The van der Waals surface area contributed by atoms with Crippen LogP contribution in [-0.2, 0) is 5.75 Å². The highest BCUT2D eigenvalue weighted by atomic mass is 35.5. The monoisotopic (exact) mass is 569 g/mol. The summed E-state index contributed by atoms with van der Waals surface area (Å²) >= 11 is 8.09. The highest BCUT2D eigenvalue weighted by Gasteiger charge is 2.22. The molecule has 0 unspecified atom stereocenters. The van der Waals surface area contributed by atoms with Crippen molar-refractivity contribution in [1.82, 2.24) is 14.9 Å². The fraction of sp³-hybridized carbons (Fsp3) is 0.281. The van der Waals surface area contributed by atoms with Gasteiger partial charge in [0.2, 0.25) is 0 Å². The fourth-order valence-electron chi connectivity index (χ4n) is 5.28. The first kappa shape index (κ1) is 26.7. The molecule has 0 atom stereocenters. The minimum atomic E-state index is 0.134. The maximum atomic E-state index is 12.7. The van der Waals surface area contributed by atoms with Gasteiger partial charge in [-0.05, 0) is 42.7 Å². The van der Waals surface area contributed by atoms with Crippen LogP contribution in [0.5, 0.6) is 0 Å². The molecule has 2 fully saturated rings. The summed E-state index contributed by atoms with van der Waals surface area (Å²) in [5, 5.41) is 1.54. The lowest BCUT2D eigenvalue weighted by Crippen LogP contribution is -2.47. The van der Waals surface area contributed by atoms with E-state index in [0.717, 1.165) is 102 Å². The summed E-state index contributed by atoms with van der Waals surface area (Å²) in [5.74, 6) is 1.81. The molecule has 2 saturated heterocycles. The van der Waals surface area contributed by atoms with E-state index < -0.39 is 0 Å². The number of carbonyl (C=O) groups is 1. The Balaban J connectivity index is 1.17. The minimum absolute atomic E-state index is 0.134. The van der Waals surface area contributed by atoms with Crippen LogP contribution in [0.2, 0.25) is 5.02 Å². The van der Waals surface area contributed by atoms with Crippen LogP contribution in [0.4, 0.5) is 11.5 Å². The zero-order chi connectivity index (χ0) is 27.3. The molecular weight excluding hydrogens is 538 g/mol. The molecule has 0 radical (unpaired) electrons. The molecule has 2 aliphatic heterocycles. The van der Waals surface area contributed by atoms with E-state index in [1.54, 1.807) is 11.8 Å². The smallest absolute Gasteiger partial charge is 0.253 e. The second kappa shape index (κ2) is 12.3. The largest absolute Gasteiger partial charge is 0.367 e. The number of carbonyl (C=O) groups excluding carboxylic acids is 1. The second-order valence-corrected chi connectivity index (χ2v) is 11.5. The van der Waals surface area contributed by atoms with Crippen molar-refractivity contribution < 1.29 is 4.79 Å². The zero-order valence-corrected chi connectivity index (χ0v) is 23.9. The number of nitrogens with zero attached hydrogens (tertiary/aromatic N) is 5. The Morgan fingerprint density at radius 1 is 0.775 bits per heavy atom. The number of piperazine rings is 1. The van der Waals surface area contributed by atoms with Crippen LogP contribution in [0.1, 0.15) is 28.8 Å². The third-order valence-corrected chi connectivity index (χ3v) is 8.76. The van der Waals surface area contributed by atoms with Crippen molar-refractivity contribution in [2.75, 3.05) is 49.1 Å². The van der Waals surface area contributed by atoms with Gasteiger partial charge in [-0.15, -0.1) is 0 Å². The predicted molar refractivity (Wildman–Crippen MR) is 164 cm³/mol. The predicted octanol–water partition coefficient (Wildman–Crippen LogP) is 6.65. The first-order valence-electron chi connectivity index (χ1n) is 13.8. The SMILES string of the molecule is O=C(c1ccc(CSc2nc(-c3ccccc3)cc(N3CCN(c4ccccc4Cl)CC3)n2)cc1)N1CCCC1. The van der Waals surface area contributed by atoms with Crippen LogP contribution >= 0.6 is 23.4 Å². The summed E-state index contributed by atoms with van der Waals surface area (Å²) in [6, 6.07) is 28.4. The molecular formula is C32H32ClN5OS. The first-order chi connectivity index (χ1) is 19.6. The van der Waals surface area contributed by atoms with Crippen LogP contribution in [0, 0.1) is 0 Å². The topological polar surface area (TPSA) is 52.6 Å². The standard InChI is InChI=1S/C32H32ClN5OS/c33-27-10-4-5-11-29(27)36-18-20-37(21-19-36)30-22-28(25-8-2-1-3-9-25)34-32(35-30)40-23-24-12-14-26(15-13-24)31(39)38-16-6-7-17-38/h1-5,8-15,22H,6-7,16-21,23H2. The molecule has 204 valence electrons. The Morgan fingerprint density at radius 3 is 2.17 bits per heavy atom. The molecule has 0 spiro atoms. The number of thioether (sulfide) groups is 1. The molecule has 1 amide bonds. The summed E-state index contributed by atoms with van der Waals surface area (Å²) in [5.41, 5.74) is 4.99. The lowest BCUT2D eigenvalue weighted by atomic mass is 10.1. The first-order valence-corrected chi connectivity index (χ1v) is 15.2. The van der Waals surface area contributed by atoms with Crippen LogP contribution in [0.15, 0.2) is 90.1 Å². The summed E-state index contributed by atoms with van der Waals surface area (Å²) in [6.45, 7) is 5.19. The molecule has 0 saturated carbocycles. The van der Waals surface area contributed by atoms with E-state index in [9.17, 15) is 4.79 Å². The summed E-state index contributed by atoms with van der Waals surface area (Å²) in [6.07, 6.45) is 2.20. The van der Waals surface area contributed by atoms with E-state index in [-0.39, 0.29) is 5.91 Å². The van der Waals surface area contributed by atoms with Gasteiger partial charge < -0.3 is 14.7 Å². The van der Waals surface area contributed by atoms with Gasteiger partial charge in [-0.3, -0.25) is 4.79 Å². The third-order valence-electron chi connectivity index (χ3n) is 7.52. The number of aromatic nitrogens is 2. The molecule has 2 aliphatic rings. The maximum absolute atomic E-state index is 12.7. The maximum Gasteiger partial charge on any atom is 0.253 e. The Bertz CT molecular complexity index is 1450. The van der Waals surface area contributed by atoms with Crippen LogP contribution in [0.25, 0.3) is 11.3 Å². The number of hydrogen-bond donors (Lipinski definition) is 0. The van der Waals surface area contributed by atoms with E-state index in [0.29, 0.717) is 0 Å². The van der Waals surface area contributed by atoms with E-state index in [4.69, 9.17) is 21.6 Å². The van der Waals surface area contributed by atoms with Crippen molar-refractivity contribution in [2.24, 2.45) is 0 Å². The number of para-hydroxylation sites is 1.